The van der Waals surface area contributed by atoms with E-state index in [1.165, 1.54) is 11.3 Å². The summed E-state index contributed by atoms with van der Waals surface area (Å²) in [6.07, 6.45) is 0. The molecule has 0 radical (unpaired) electrons. The van der Waals surface area contributed by atoms with Crippen LogP contribution in [0.3, 0.4) is 0 Å². The first kappa shape index (κ1) is 21.8. The van der Waals surface area contributed by atoms with Crippen molar-refractivity contribution in [1.29, 1.82) is 0 Å². The van der Waals surface area contributed by atoms with E-state index in [9.17, 15) is 4.79 Å². The van der Waals surface area contributed by atoms with Gasteiger partial charge in [-0.2, -0.15) is 4.99 Å². The summed E-state index contributed by atoms with van der Waals surface area (Å²) in [4.78, 5) is 18.2. The second-order valence-corrected chi connectivity index (χ2v) is 8.55. The van der Waals surface area contributed by atoms with Gasteiger partial charge in [-0.25, -0.2) is 0 Å². The highest BCUT2D eigenvalue weighted by molar-refractivity contribution is 7.16. The number of benzene rings is 3. The predicted molar refractivity (Wildman–Crippen MR) is 127 cm³/mol. The quantitative estimate of drug-likeness (QED) is 0.324. The number of carbonyl (C=O) groups is 1. The van der Waals surface area contributed by atoms with Gasteiger partial charge in [-0.1, -0.05) is 58.8 Å². The number of hydrogen-bond donors (Lipinski definition) is 0. The molecule has 160 valence electrons. The van der Waals surface area contributed by atoms with E-state index in [2.05, 4.69) is 4.99 Å². The number of carbonyl (C=O) groups excluding carboxylic acids is 1. The maximum Gasteiger partial charge on any atom is 0.283 e. The van der Waals surface area contributed by atoms with E-state index in [0.29, 0.717) is 45.9 Å². The molecule has 0 saturated carbocycles. The molecule has 0 saturated heterocycles. The van der Waals surface area contributed by atoms with Crippen LogP contribution in [0.15, 0.2) is 53.5 Å². The van der Waals surface area contributed by atoms with Crippen molar-refractivity contribution in [2.24, 2.45) is 4.99 Å². The van der Waals surface area contributed by atoms with Gasteiger partial charge < -0.3 is 14.0 Å². The average Bonchev–Trinajstić information content (AvgIpc) is 3.13. The van der Waals surface area contributed by atoms with Gasteiger partial charge in [-0.15, -0.1) is 0 Å². The molecule has 1 aromatic heterocycles. The molecule has 1 amide bonds. The average molecular weight is 475 g/mol. The van der Waals surface area contributed by atoms with E-state index in [0.717, 1.165) is 21.0 Å². The zero-order valence-electron chi connectivity index (χ0n) is 17.0. The lowest BCUT2D eigenvalue weighted by molar-refractivity contribution is 0.0994. The van der Waals surface area contributed by atoms with Crippen LogP contribution in [0.25, 0.3) is 21.0 Å². The fourth-order valence-corrected chi connectivity index (χ4v) is 4.94. The normalized spacial score (nSPS) is 12.1. The SMILES string of the molecule is CCOCCn1c(=NC(=O)c2cc3ccccc3cc2OC)sc2ccc(Cl)c(Cl)c21. The van der Waals surface area contributed by atoms with E-state index in [1.54, 1.807) is 13.2 Å². The van der Waals surface area contributed by atoms with Gasteiger partial charge in [0, 0.05) is 13.2 Å². The monoisotopic (exact) mass is 474 g/mol. The highest BCUT2D eigenvalue weighted by Crippen LogP contribution is 2.32. The molecule has 0 unspecified atom stereocenters. The fourth-order valence-electron chi connectivity index (χ4n) is 3.40. The second-order valence-electron chi connectivity index (χ2n) is 6.76. The molecule has 0 aliphatic rings. The Bertz CT molecular complexity index is 1340. The summed E-state index contributed by atoms with van der Waals surface area (Å²) in [7, 11) is 1.55. The van der Waals surface area contributed by atoms with Crippen LogP contribution in [0.1, 0.15) is 17.3 Å². The molecular formula is C23H20Cl2N2O3S. The van der Waals surface area contributed by atoms with Crippen molar-refractivity contribution >= 4 is 61.4 Å². The van der Waals surface area contributed by atoms with E-state index >= 15 is 0 Å². The van der Waals surface area contributed by atoms with Crippen LogP contribution in [0.4, 0.5) is 0 Å². The summed E-state index contributed by atoms with van der Waals surface area (Å²) in [5, 5.41) is 2.82. The first-order valence-corrected chi connectivity index (χ1v) is 11.3. The lowest BCUT2D eigenvalue weighted by Crippen LogP contribution is -2.20. The van der Waals surface area contributed by atoms with Gasteiger partial charge in [0.15, 0.2) is 4.80 Å². The van der Waals surface area contributed by atoms with Crippen LogP contribution >= 0.6 is 34.5 Å². The maximum atomic E-state index is 13.2. The van der Waals surface area contributed by atoms with Crippen molar-refractivity contribution in [2.45, 2.75) is 13.5 Å². The van der Waals surface area contributed by atoms with Crippen LogP contribution in [0, 0.1) is 0 Å². The maximum absolute atomic E-state index is 13.2. The summed E-state index contributed by atoms with van der Waals surface area (Å²) in [6.45, 7) is 3.48. The highest BCUT2D eigenvalue weighted by atomic mass is 35.5. The minimum Gasteiger partial charge on any atom is -0.496 e. The van der Waals surface area contributed by atoms with E-state index in [1.807, 2.05) is 54.0 Å². The van der Waals surface area contributed by atoms with E-state index < -0.39 is 0 Å². The number of rotatable bonds is 6. The second kappa shape index (κ2) is 9.40. The Hall–Kier alpha value is -2.38. The Morgan fingerprint density at radius 2 is 1.87 bits per heavy atom. The standard InChI is InChI=1S/C23H20Cl2N2O3S/c1-3-30-11-10-27-21-19(9-8-17(24)20(21)25)31-23(27)26-22(28)16-12-14-6-4-5-7-15(14)13-18(16)29-2/h4-9,12-13H,3,10-11H2,1-2H3. The topological polar surface area (TPSA) is 52.8 Å². The number of aromatic nitrogens is 1. The number of methoxy groups -OCH3 is 1. The van der Waals surface area contributed by atoms with Gasteiger partial charge in [0.25, 0.3) is 5.91 Å². The Kier molecular flexibility index (Phi) is 6.62. The third-order valence-electron chi connectivity index (χ3n) is 4.89. The summed E-state index contributed by atoms with van der Waals surface area (Å²) in [6, 6.07) is 15.1. The van der Waals surface area contributed by atoms with Crippen LogP contribution in [0.5, 0.6) is 5.75 Å². The van der Waals surface area contributed by atoms with Crippen molar-refractivity contribution in [3.8, 4) is 5.75 Å². The fraction of sp³-hybridized carbons (Fsp3) is 0.217. The zero-order valence-corrected chi connectivity index (χ0v) is 19.4. The van der Waals surface area contributed by atoms with Crippen molar-refractivity contribution < 1.29 is 14.3 Å². The smallest absolute Gasteiger partial charge is 0.283 e. The molecule has 1 heterocycles. The molecular weight excluding hydrogens is 455 g/mol. The predicted octanol–water partition coefficient (Wildman–Crippen LogP) is 5.95. The van der Waals surface area contributed by atoms with E-state index in [4.69, 9.17) is 32.7 Å². The summed E-state index contributed by atoms with van der Waals surface area (Å²) in [5.74, 6) is 0.0945. The third kappa shape index (κ3) is 4.34. The van der Waals surface area contributed by atoms with Gasteiger partial charge in [0.1, 0.15) is 5.75 Å². The lowest BCUT2D eigenvalue weighted by atomic mass is 10.1. The van der Waals surface area contributed by atoms with Crippen LogP contribution in [-0.4, -0.2) is 30.8 Å². The van der Waals surface area contributed by atoms with Crippen molar-refractivity contribution in [3.05, 3.63) is 68.9 Å². The molecule has 3 aromatic carbocycles. The van der Waals surface area contributed by atoms with Gasteiger partial charge in [-0.05, 0) is 42.0 Å². The number of ether oxygens (including phenoxy) is 2. The number of hydrogen-bond acceptors (Lipinski definition) is 4. The van der Waals surface area contributed by atoms with Crippen LogP contribution in [-0.2, 0) is 11.3 Å². The first-order chi connectivity index (χ1) is 15.0. The lowest BCUT2D eigenvalue weighted by Gasteiger charge is -2.09. The van der Waals surface area contributed by atoms with Gasteiger partial charge >= 0.3 is 0 Å². The summed E-state index contributed by atoms with van der Waals surface area (Å²) >= 11 is 14.1. The molecule has 0 bridgehead atoms. The van der Waals surface area contributed by atoms with Crippen molar-refractivity contribution in [2.75, 3.05) is 20.3 Å². The Labute approximate surface area is 193 Å². The third-order valence-corrected chi connectivity index (χ3v) is 6.73. The Morgan fingerprint density at radius 1 is 1.13 bits per heavy atom. The van der Waals surface area contributed by atoms with Crippen LogP contribution < -0.4 is 9.54 Å². The largest absolute Gasteiger partial charge is 0.496 e. The molecule has 4 rings (SSSR count). The molecule has 0 aliphatic heterocycles. The number of amides is 1. The van der Waals surface area contributed by atoms with Gasteiger partial charge in [0.05, 0.1) is 39.5 Å². The first-order valence-electron chi connectivity index (χ1n) is 9.74. The molecule has 5 nitrogen and oxygen atoms in total. The molecule has 31 heavy (non-hydrogen) atoms. The number of halogens is 2. The molecule has 0 N–H and O–H groups in total. The summed E-state index contributed by atoms with van der Waals surface area (Å²) < 4.78 is 13.8. The molecule has 0 fully saturated rings. The molecule has 8 heteroatoms. The highest BCUT2D eigenvalue weighted by Gasteiger charge is 2.16. The molecule has 0 atom stereocenters. The zero-order chi connectivity index (χ0) is 22.0. The number of nitrogens with zero attached hydrogens (tertiary/aromatic N) is 2. The molecule has 4 aromatic rings. The molecule has 0 aliphatic carbocycles. The van der Waals surface area contributed by atoms with Gasteiger partial charge in [0.2, 0.25) is 0 Å². The minimum atomic E-state index is -0.387. The minimum absolute atomic E-state index is 0.387. The number of thiazole rings is 1. The van der Waals surface area contributed by atoms with E-state index in [-0.39, 0.29) is 5.91 Å². The van der Waals surface area contributed by atoms with Crippen molar-refractivity contribution in [3.63, 3.8) is 0 Å². The Morgan fingerprint density at radius 3 is 2.58 bits per heavy atom. The van der Waals surface area contributed by atoms with Gasteiger partial charge in [-0.3, -0.25) is 4.79 Å². The van der Waals surface area contributed by atoms with Crippen molar-refractivity contribution in [1.82, 2.24) is 4.57 Å². The number of fused-ring (bicyclic) bond motifs is 2. The van der Waals surface area contributed by atoms with Crippen LogP contribution in [0.2, 0.25) is 10.0 Å². The summed E-state index contributed by atoms with van der Waals surface area (Å²) in [5.41, 5.74) is 1.15. The molecule has 0 spiro atoms. The Balaban J connectivity index is 1.87.